The van der Waals surface area contributed by atoms with Crippen molar-refractivity contribution in [3.8, 4) is 0 Å². The molecule has 0 aliphatic rings. The van der Waals surface area contributed by atoms with Gasteiger partial charge in [0.15, 0.2) is 0 Å². The summed E-state index contributed by atoms with van der Waals surface area (Å²) in [6, 6.07) is 7.69. The van der Waals surface area contributed by atoms with Crippen LogP contribution in [-0.4, -0.2) is 21.0 Å². The maximum absolute atomic E-state index is 10.1. The Morgan fingerprint density at radius 2 is 1.90 bits per heavy atom. The van der Waals surface area contributed by atoms with Gasteiger partial charge in [0.25, 0.3) is 0 Å². The summed E-state index contributed by atoms with van der Waals surface area (Å²) < 4.78 is 1.89. The van der Waals surface area contributed by atoms with Gasteiger partial charge in [-0.15, -0.1) is 0 Å². The minimum Gasteiger partial charge on any atom is -0.392 e. The Morgan fingerprint density at radius 3 is 2.50 bits per heavy atom. The predicted molar refractivity (Wildman–Crippen MR) is 82.5 cm³/mol. The topological polar surface area (TPSA) is 38.0 Å². The van der Waals surface area contributed by atoms with Gasteiger partial charge in [-0.1, -0.05) is 29.3 Å². The van der Waals surface area contributed by atoms with E-state index in [2.05, 4.69) is 18.9 Å². The van der Waals surface area contributed by atoms with E-state index in [1.54, 1.807) is 12.1 Å². The SMILES string of the molecule is CC(C)n1ccc(CC(O)Cc2ccc(Cl)c(Cl)c2)n1. The molecule has 1 atom stereocenters. The molecule has 0 amide bonds. The zero-order valence-electron chi connectivity index (χ0n) is 11.6. The van der Waals surface area contributed by atoms with E-state index in [4.69, 9.17) is 23.2 Å². The Balaban J connectivity index is 1.97. The molecule has 5 heteroatoms. The van der Waals surface area contributed by atoms with E-state index < -0.39 is 6.10 Å². The van der Waals surface area contributed by atoms with Crippen LogP contribution in [0.25, 0.3) is 0 Å². The summed E-state index contributed by atoms with van der Waals surface area (Å²) in [6.45, 7) is 4.14. The zero-order chi connectivity index (χ0) is 14.7. The average molecular weight is 313 g/mol. The molecule has 1 heterocycles. The fraction of sp³-hybridized carbons (Fsp3) is 0.400. The highest BCUT2D eigenvalue weighted by Gasteiger charge is 2.11. The van der Waals surface area contributed by atoms with Crippen LogP contribution in [0.15, 0.2) is 30.5 Å². The summed E-state index contributed by atoms with van der Waals surface area (Å²) in [6.07, 6.45) is 2.51. The minimum atomic E-state index is -0.484. The lowest BCUT2D eigenvalue weighted by atomic mass is 10.0. The van der Waals surface area contributed by atoms with Gasteiger partial charge in [-0.2, -0.15) is 5.10 Å². The molecule has 1 N–H and O–H groups in total. The second kappa shape index (κ2) is 6.61. The molecular weight excluding hydrogens is 295 g/mol. The molecule has 0 aliphatic carbocycles. The van der Waals surface area contributed by atoms with Crippen molar-refractivity contribution < 1.29 is 5.11 Å². The number of benzene rings is 1. The van der Waals surface area contributed by atoms with Crippen molar-refractivity contribution in [1.82, 2.24) is 9.78 Å². The first-order valence-corrected chi connectivity index (χ1v) is 7.37. The molecule has 1 aromatic carbocycles. The van der Waals surface area contributed by atoms with Crippen LogP contribution in [0.1, 0.15) is 31.1 Å². The van der Waals surface area contributed by atoms with E-state index in [-0.39, 0.29) is 0 Å². The van der Waals surface area contributed by atoms with Gasteiger partial charge in [-0.05, 0) is 44.0 Å². The van der Waals surface area contributed by atoms with Crippen molar-refractivity contribution in [3.05, 3.63) is 51.8 Å². The number of rotatable bonds is 5. The van der Waals surface area contributed by atoms with E-state index in [0.29, 0.717) is 28.9 Å². The molecule has 2 rings (SSSR count). The van der Waals surface area contributed by atoms with E-state index >= 15 is 0 Å². The largest absolute Gasteiger partial charge is 0.392 e. The second-order valence-corrected chi connectivity index (χ2v) is 6.01. The van der Waals surface area contributed by atoms with Crippen molar-refractivity contribution in [1.29, 1.82) is 0 Å². The monoisotopic (exact) mass is 312 g/mol. The molecule has 0 fully saturated rings. The van der Waals surface area contributed by atoms with Crippen LogP contribution in [0.4, 0.5) is 0 Å². The van der Waals surface area contributed by atoms with Gasteiger partial charge in [0.1, 0.15) is 0 Å². The van der Waals surface area contributed by atoms with Gasteiger partial charge < -0.3 is 5.11 Å². The number of halogens is 2. The Bertz CT molecular complexity index is 581. The molecule has 2 aromatic rings. The summed E-state index contributed by atoms with van der Waals surface area (Å²) in [5.41, 5.74) is 1.86. The number of aromatic nitrogens is 2. The molecule has 0 saturated heterocycles. The van der Waals surface area contributed by atoms with Crippen LogP contribution in [0.2, 0.25) is 10.0 Å². The highest BCUT2D eigenvalue weighted by Crippen LogP contribution is 2.23. The number of hydrogen-bond donors (Lipinski definition) is 1. The molecule has 108 valence electrons. The number of nitrogens with zero attached hydrogens (tertiary/aromatic N) is 2. The van der Waals surface area contributed by atoms with Crippen LogP contribution >= 0.6 is 23.2 Å². The van der Waals surface area contributed by atoms with Crippen LogP contribution in [-0.2, 0) is 12.8 Å². The molecule has 0 bridgehead atoms. The van der Waals surface area contributed by atoms with Crippen molar-refractivity contribution in [3.63, 3.8) is 0 Å². The van der Waals surface area contributed by atoms with Crippen LogP contribution in [0, 0.1) is 0 Å². The fourth-order valence-corrected chi connectivity index (χ4v) is 2.35. The highest BCUT2D eigenvalue weighted by molar-refractivity contribution is 6.42. The lowest BCUT2D eigenvalue weighted by Gasteiger charge is -2.10. The third-order valence-electron chi connectivity index (χ3n) is 3.09. The molecule has 20 heavy (non-hydrogen) atoms. The smallest absolute Gasteiger partial charge is 0.0650 e. The van der Waals surface area contributed by atoms with E-state index in [1.807, 2.05) is 23.0 Å². The van der Waals surface area contributed by atoms with Crippen molar-refractivity contribution in [2.24, 2.45) is 0 Å². The number of aliphatic hydroxyl groups is 1. The molecule has 1 unspecified atom stereocenters. The zero-order valence-corrected chi connectivity index (χ0v) is 13.1. The number of aliphatic hydroxyl groups excluding tert-OH is 1. The third kappa shape index (κ3) is 3.98. The summed E-state index contributed by atoms with van der Waals surface area (Å²) >= 11 is 11.8. The van der Waals surface area contributed by atoms with E-state index in [9.17, 15) is 5.11 Å². The van der Waals surface area contributed by atoms with Gasteiger partial charge in [0.2, 0.25) is 0 Å². The predicted octanol–water partition coefficient (Wildman–Crippen LogP) is 3.92. The Labute approximate surface area is 129 Å². The van der Waals surface area contributed by atoms with Gasteiger partial charge in [-0.3, -0.25) is 4.68 Å². The minimum absolute atomic E-state index is 0.330. The first kappa shape index (κ1) is 15.4. The van der Waals surface area contributed by atoms with E-state index in [0.717, 1.165) is 11.3 Å². The Kier molecular flexibility index (Phi) is 5.08. The van der Waals surface area contributed by atoms with Crippen LogP contribution < -0.4 is 0 Å². The maximum atomic E-state index is 10.1. The second-order valence-electron chi connectivity index (χ2n) is 5.19. The first-order chi connectivity index (χ1) is 9.45. The average Bonchev–Trinajstić information content (AvgIpc) is 2.82. The molecule has 3 nitrogen and oxygen atoms in total. The lowest BCUT2D eigenvalue weighted by Crippen LogP contribution is -2.14. The fourth-order valence-electron chi connectivity index (χ4n) is 2.03. The van der Waals surface area contributed by atoms with E-state index in [1.165, 1.54) is 0 Å². The standard InChI is InChI=1S/C15H18Cl2N2O/c1-10(2)19-6-5-12(18-19)9-13(20)7-11-3-4-14(16)15(17)8-11/h3-6,8,10,13,20H,7,9H2,1-2H3. The quantitative estimate of drug-likeness (QED) is 0.908. The van der Waals surface area contributed by atoms with Gasteiger partial charge in [-0.25, -0.2) is 0 Å². The summed E-state index contributed by atoms with van der Waals surface area (Å²) in [5, 5.41) is 15.6. The third-order valence-corrected chi connectivity index (χ3v) is 3.83. The molecule has 0 saturated carbocycles. The maximum Gasteiger partial charge on any atom is 0.0650 e. The van der Waals surface area contributed by atoms with Crippen molar-refractivity contribution in [2.45, 2.75) is 38.8 Å². The molecule has 1 aromatic heterocycles. The van der Waals surface area contributed by atoms with Crippen molar-refractivity contribution >= 4 is 23.2 Å². The molecule has 0 spiro atoms. The van der Waals surface area contributed by atoms with Gasteiger partial charge in [0.05, 0.1) is 21.8 Å². The normalized spacial score (nSPS) is 12.9. The highest BCUT2D eigenvalue weighted by atomic mass is 35.5. The summed E-state index contributed by atoms with van der Waals surface area (Å²) in [4.78, 5) is 0. The van der Waals surface area contributed by atoms with Crippen LogP contribution in [0.3, 0.4) is 0 Å². The Hall–Kier alpha value is -1.03. The molecule has 0 radical (unpaired) electrons. The summed E-state index contributed by atoms with van der Waals surface area (Å²) in [5.74, 6) is 0. The van der Waals surface area contributed by atoms with Gasteiger partial charge in [0, 0.05) is 18.7 Å². The summed E-state index contributed by atoms with van der Waals surface area (Å²) in [7, 11) is 0. The van der Waals surface area contributed by atoms with Crippen molar-refractivity contribution in [2.75, 3.05) is 0 Å². The van der Waals surface area contributed by atoms with Gasteiger partial charge >= 0.3 is 0 Å². The number of hydrogen-bond acceptors (Lipinski definition) is 2. The first-order valence-electron chi connectivity index (χ1n) is 6.61. The molecule has 0 aliphatic heterocycles. The molecular formula is C15H18Cl2N2O. The van der Waals surface area contributed by atoms with Crippen LogP contribution in [0.5, 0.6) is 0 Å². The Morgan fingerprint density at radius 1 is 1.15 bits per heavy atom. The lowest BCUT2D eigenvalue weighted by molar-refractivity contribution is 0.174.